The molecular weight excluding hydrogens is 337 g/mol. The lowest BCUT2D eigenvalue weighted by Crippen LogP contribution is -2.40. The number of benzene rings is 1. The first-order chi connectivity index (χ1) is 11.5. The molecule has 1 fully saturated rings. The minimum absolute atomic E-state index is 0.402. The van der Waals surface area contributed by atoms with Crippen LogP contribution >= 0.6 is 0 Å². The summed E-state index contributed by atoms with van der Waals surface area (Å²) in [5.41, 5.74) is 2.91. The van der Waals surface area contributed by atoms with Crippen molar-refractivity contribution in [1.29, 1.82) is 0 Å². The number of halogens is 3. The van der Waals surface area contributed by atoms with Crippen molar-refractivity contribution < 1.29 is 27.9 Å². The molecule has 1 saturated heterocycles. The van der Waals surface area contributed by atoms with E-state index < -0.39 is 49.1 Å². The Kier molecular flexibility index (Phi) is 5.29. The summed E-state index contributed by atoms with van der Waals surface area (Å²) in [5.74, 6) is -5.23. The first-order valence-electron chi connectivity index (χ1n) is 7.93. The molecule has 1 aromatic rings. The third-order valence-electron chi connectivity index (χ3n) is 4.80. The van der Waals surface area contributed by atoms with Gasteiger partial charge in [0.25, 0.3) is 0 Å². The van der Waals surface area contributed by atoms with Gasteiger partial charge in [0.2, 0.25) is 0 Å². The largest absolute Gasteiger partial charge is 0.481 e. The molecule has 0 aromatic heterocycles. The predicted octanol–water partition coefficient (Wildman–Crippen LogP) is 3.27. The van der Waals surface area contributed by atoms with E-state index in [1.807, 2.05) is 32.0 Å². The fourth-order valence-electron chi connectivity index (χ4n) is 3.15. The van der Waals surface area contributed by atoms with E-state index >= 15 is 0 Å². The lowest BCUT2D eigenvalue weighted by Gasteiger charge is -2.23. The first-order valence-corrected chi connectivity index (χ1v) is 7.93. The van der Waals surface area contributed by atoms with Crippen LogP contribution in [0, 0.1) is 25.7 Å². The number of carbonyl (C=O) groups excluding carboxylic acids is 1. The van der Waals surface area contributed by atoms with Gasteiger partial charge in [-0.05, 0) is 37.5 Å². The van der Waals surface area contributed by atoms with Crippen LogP contribution in [0.3, 0.4) is 0 Å². The van der Waals surface area contributed by atoms with E-state index in [9.17, 15) is 22.8 Å². The van der Waals surface area contributed by atoms with Gasteiger partial charge in [-0.25, -0.2) is 4.79 Å². The van der Waals surface area contributed by atoms with Crippen LogP contribution in [0.25, 0.3) is 0 Å². The molecule has 5 nitrogen and oxygen atoms in total. The number of nitrogens with one attached hydrogen (secondary N) is 1. The number of carboxylic acids is 1. The van der Waals surface area contributed by atoms with Crippen molar-refractivity contribution in [2.24, 2.45) is 11.8 Å². The highest BCUT2D eigenvalue weighted by Gasteiger charge is 2.53. The molecule has 3 atom stereocenters. The van der Waals surface area contributed by atoms with E-state index in [4.69, 9.17) is 5.11 Å². The molecule has 138 valence electrons. The summed E-state index contributed by atoms with van der Waals surface area (Å²) in [6, 6.07) is 4.53. The zero-order valence-corrected chi connectivity index (χ0v) is 14.2. The van der Waals surface area contributed by atoms with Gasteiger partial charge >= 0.3 is 18.2 Å². The van der Waals surface area contributed by atoms with Crippen molar-refractivity contribution in [1.82, 2.24) is 10.2 Å². The SMILES string of the molecule is Cc1cccc(C(C)NC(=O)N2C[C@@H](C(F)(F)F)[C@H](C(=O)O)C2)c1C. The minimum Gasteiger partial charge on any atom is -0.481 e. The van der Waals surface area contributed by atoms with Crippen LogP contribution in [0.1, 0.15) is 29.7 Å². The summed E-state index contributed by atoms with van der Waals surface area (Å²) in [7, 11) is 0. The predicted molar refractivity (Wildman–Crippen MR) is 85.1 cm³/mol. The molecule has 1 aliphatic rings. The number of hydrogen-bond acceptors (Lipinski definition) is 2. The lowest BCUT2D eigenvalue weighted by atomic mass is 9.96. The second kappa shape index (κ2) is 6.93. The number of aryl methyl sites for hydroxylation is 1. The maximum Gasteiger partial charge on any atom is 0.394 e. The number of aliphatic carboxylic acids is 1. The van der Waals surface area contributed by atoms with Gasteiger partial charge in [0, 0.05) is 13.1 Å². The number of amides is 2. The summed E-state index contributed by atoms with van der Waals surface area (Å²) in [5, 5.41) is 11.7. The number of rotatable bonds is 3. The van der Waals surface area contributed by atoms with E-state index in [1.165, 1.54) is 0 Å². The average molecular weight is 358 g/mol. The van der Waals surface area contributed by atoms with Gasteiger partial charge in [-0.15, -0.1) is 0 Å². The van der Waals surface area contributed by atoms with Gasteiger partial charge in [0.15, 0.2) is 0 Å². The number of nitrogens with zero attached hydrogens (tertiary/aromatic N) is 1. The van der Waals surface area contributed by atoms with Gasteiger partial charge in [0.05, 0.1) is 17.9 Å². The first kappa shape index (κ1) is 19.1. The summed E-state index contributed by atoms with van der Waals surface area (Å²) in [4.78, 5) is 24.3. The molecule has 2 rings (SSSR count). The van der Waals surface area contributed by atoms with Gasteiger partial charge in [-0.3, -0.25) is 4.79 Å². The van der Waals surface area contributed by atoms with Crippen molar-refractivity contribution in [3.63, 3.8) is 0 Å². The topological polar surface area (TPSA) is 69.6 Å². The maximum atomic E-state index is 13.0. The van der Waals surface area contributed by atoms with Crippen LogP contribution in [0.4, 0.5) is 18.0 Å². The molecule has 1 aromatic carbocycles. The Labute approximate surface area is 143 Å². The fraction of sp³-hybridized carbons (Fsp3) is 0.529. The smallest absolute Gasteiger partial charge is 0.394 e. The fourth-order valence-corrected chi connectivity index (χ4v) is 3.15. The number of likely N-dealkylation sites (tertiary alicyclic amines) is 1. The highest BCUT2D eigenvalue weighted by Crippen LogP contribution is 2.37. The van der Waals surface area contributed by atoms with Crippen LogP contribution in [0.5, 0.6) is 0 Å². The van der Waals surface area contributed by atoms with Crippen molar-refractivity contribution >= 4 is 12.0 Å². The molecule has 1 aliphatic heterocycles. The summed E-state index contributed by atoms with van der Waals surface area (Å²) < 4.78 is 39.0. The Hall–Kier alpha value is -2.25. The Morgan fingerprint density at radius 1 is 1.28 bits per heavy atom. The van der Waals surface area contributed by atoms with Crippen molar-refractivity contribution in [2.75, 3.05) is 13.1 Å². The van der Waals surface area contributed by atoms with E-state index in [1.54, 1.807) is 6.92 Å². The lowest BCUT2D eigenvalue weighted by molar-refractivity contribution is -0.187. The quantitative estimate of drug-likeness (QED) is 0.871. The standard InChI is InChI=1S/C17H21F3N2O3/c1-9-5-4-6-12(10(9)2)11(3)21-16(25)22-7-13(15(23)24)14(8-22)17(18,19)20/h4-6,11,13-14H,7-8H2,1-3H3,(H,21,25)(H,23,24)/t11?,13-,14-/m1/s1. The third kappa shape index (κ3) is 4.05. The normalized spacial score (nSPS) is 21.9. The zero-order valence-electron chi connectivity index (χ0n) is 14.2. The van der Waals surface area contributed by atoms with Crippen molar-refractivity contribution in [3.8, 4) is 0 Å². The molecule has 0 spiro atoms. The highest BCUT2D eigenvalue weighted by atomic mass is 19.4. The molecule has 0 aliphatic carbocycles. The molecule has 0 bridgehead atoms. The van der Waals surface area contributed by atoms with E-state index in [2.05, 4.69) is 5.32 Å². The van der Waals surface area contributed by atoms with Gasteiger partial charge < -0.3 is 15.3 Å². The van der Waals surface area contributed by atoms with Crippen LogP contribution in [0.2, 0.25) is 0 Å². The van der Waals surface area contributed by atoms with E-state index in [0.717, 1.165) is 21.6 Å². The summed E-state index contributed by atoms with van der Waals surface area (Å²) in [6.45, 7) is 4.48. The number of alkyl halides is 3. The summed E-state index contributed by atoms with van der Waals surface area (Å²) in [6.07, 6.45) is -4.66. The highest BCUT2D eigenvalue weighted by molar-refractivity contribution is 5.78. The van der Waals surface area contributed by atoms with Crippen LogP contribution in [-0.2, 0) is 4.79 Å². The Bertz CT molecular complexity index is 676. The monoisotopic (exact) mass is 358 g/mol. The minimum atomic E-state index is -4.66. The van der Waals surface area contributed by atoms with Gasteiger partial charge in [0.1, 0.15) is 0 Å². The second-order valence-electron chi connectivity index (χ2n) is 6.46. The number of hydrogen-bond donors (Lipinski definition) is 2. The van der Waals surface area contributed by atoms with Crippen molar-refractivity contribution in [2.45, 2.75) is 33.0 Å². The summed E-state index contributed by atoms with van der Waals surface area (Å²) >= 11 is 0. The molecular formula is C17H21F3N2O3. The Morgan fingerprint density at radius 2 is 1.92 bits per heavy atom. The number of urea groups is 1. The van der Waals surface area contributed by atoms with Crippen LogP contribution in [0.15, 0.2) is 18.2 Å². The number of carbonyl (C=O) groups is 2. The molecule has 2 N–H and O–H groups in total. The maximum absolute atomic E-state index is 13.0. The molecule has 0 radical (unpaired) electrons. The molecule has 25 heavy (non-hydrogen) atoms. The van der Waals surface area contributed by atoms with E-state index in [0.29, 0.717) is 0 Å². The zero-order chi connectivity index (χ0) is 18.9. The number of carboxylic acid groups (broad SMARTS) is 1. The van der Waals surface area contributed by atoms with Crippen LogP contribution < -0.4 is 5.32 Å². The van der Waals surface area contributed by atoms with Crippen molar-refractivity contribution in [3.05, 3.63) is 34.9 Å². The Morgan fingerprint density at radius 3 is 2.44 bits per heavy atom. The molecule has 0 saturated carbocycles. The van der Waals surface area contributed by atoms with Crippen LogP contribution in [-0.4, -0.2) is 41.3 Å². The molecule has 1 heterocycles. The van der Waals surface area contributed by atoms with E-state index in [-0.39, 0.29) is 0 Å². The average Bonchev–Trinajstić information content (AvgIpc) is 2.95. The second-order valence-corrected chi connectivity index (χ2v) is 6.46. The molecule has 8 heteroatoms. The Balaban J connectivity index is 2.11. The van der Waals surface area contributed by atoms with Gasteiger partial charge in [-0.1, -0.05) is 18.2 Å². The third-order valence-corrected chi connectivity index (χ3v) is 4.80. The molecule has 1 unspecified atom stereocenters. The molecule has 2 amide bonds. The van der Waals surface area contributed by atoms with Gasteiger partial charge in [-0.2, -0.15) is 13.2 Å².